The van der Waals surface area contributed by atoms with Crippen LogP contribution in [0.1, 0.15) is 19.8 Å². The van der Waals surface area contributed by atoms with Gasteiger partial charge in [0.15, 0.2) is 5.96 Å². The summed E-state index contributed by atoms with van der Waals surface area (Å²) in [6.07, 6.45) is 1.43. The number of likely N-dealkylation sites (tertiary alicyclic amines) is 1. The molecule has 8 heteroatoms. The largest absolute Gasteiger partial charge is 0.453 e. The number of hydrogen-bond donors (Lipinski definition) is 2. The smallest absolute Gasteiger partial charge is 0.409 e. The number of hydrogen-bond acceptors (Lipinski definition) is 4. The van der Waals surface area contributed by atoms with Crippen LogP contribution < -0.4 is 10.6 Å². The van der Waals surface area contributed by atoms with Crippen molar-refractivity contribution in [2.75, 3.05) is 39.0 Å². The van der Waals surface area contributed by atoms with Gasteiger partial charge in [-0.3, -0.25) is 4.99 Å². The number of halogens is 1. The number of guanidine groups is 1. The lowest BCUT2D eigenvalue weighted by atomic mass is 10.1. The summed E-state index contributed by atoms with van der Waals surface area (Å²) in [5.41, 5.74) is 0. The Bertz CT molecular complexity index is 607. The number of thioether (sulfide) groups is 1. The predicted octanol–water partition coefficient (Wildman–Crippen LogP) is 2.70. The molecule has 2 rings (SSSR count). The maximum absolute atomic E-state index is 13.6. The van der Waals surface area contributed by atoms with Crippen molar-refractivity contribution in [3.8, 4) is 0 Å². The minimum absolute atomic E-state index is 0.191. The van der Waals surface area contributed by atoms with E-state index in [0.29, 0.717) is 30.3 Å². The van der Waals surface area contributed by atoms with Gasteiger partial charge in [0.05, 0.1) is 13.7 Å². The summed E-state index contributed by atoms with van der Waals surface area (Å²) in [5, 5.41) is 6.66. The molecule has 1 amide bonds. The van der Waals surface area contributed by atoms with Crippen molar-refractivity contribution in [2.24, 2.45) is 4.99 Å². The molecule has 0 saturated carbocycles. The predicted molar refractivity (Wildman–Crippen MR) is 103 cm³/mol. The molecule has 2 N–H and O–H groups in total. The number of aliphatic imine (C=N–C) groups is 1. The lowest BCUT2D eigenvalue weighted by molar-refractivity contribution is 0.111. The summed E-state index contributed by atoms with van der Waals surface area (Å²) in [7, 11) is 1.40. The van der Waals surface area contributed by atoms with E-state index in [1.807, 2.05) is 13.0 Å². The standard InChI is InChI=1S/C18H27FN4O2S/c1-3-20-17(21-10-13-26-16-7-5-4-6-15(16)19)22-14-8-11-23(12-9-14)18(24)25-2/h4-7,14H,3,8-13H2,1-2H3,(H2,20,21,22). The molecule has 0 atom stereocenters. The second kappa shape index (κ2) is 10.9. The van der Waals surface area contributed by atoms with Gasteiger partial charge in [-0.25, -0.2) is 9.18 Å². The van der Waals surface area contributed by atoms with Crippen molar-refractivity contribution in [2.45, 2.75) is 30.7 Å². The van der Waals surface area contributed by atoms with Gasteiger partial charge in [-0.05, 0) is 31.9 Å². The number of benzene rings is 1. The molecule has 1 saturated heterocycles. The minimum atomic E-state index is -0.269. The van der Waals surface area contributed by atoms with E-state index in [0.717, 1.165) is 25.3 Å². The van der Waals surface area contributed by atoms with E-state index in [1.165, 1.54) is 24.9 Å². The van der Waals surface area contributed by atoms with E-state index in [-0.39, 0.29) is 18.0 Å². The number of carbonyl (C=O) groups excluding carboxylic acids is 1. The van der Waals surface area contributed by atoms with Gasteiger partial charge in [-0.15, -0.1) is 11.8 Å². The van der Waals surface area contributed by atoms with Crippen LogP contribution in [0.5, 0.6) is 0 Å². The summed E-state index contributed by atoms with van der Waals surface area (Å²) in [4.78, 5) is 18.5. The summed E-state index contributed by atoms with van der Waals surface area (Å²) in [5.74, 6) is 1.28. The van der Waals surface area contributed by atoms with Crippen LogP contribution >= 0.6 is 11.8 Å². The molecular weight excluding hydrogens is 355 g/mol. The number of nitrogens with one attached hydrogen (secondary N) is 2. The maximum Gasteiger partial charge on any atom is 0.409 e. The van der Waals surface area contributed by atoms with Gasteiger partial charge in [0, 0.05) is 36.3 Å². The Labute approximate surface area is 158 Å². The Hall–Kier alpha value is -1.96. The van der Waals surface area contributed by atoms with Crippen LogP contribution in [0.3, 0.4) is 0 Å². The highest BCUT2D eigenvalue weighted by Gasteiger charge is 2.23. The fraction of sp³-hybridized carbons (Fsp3) is 0.556. The molecule has 1 fully saturated rings. The first kappa shape index (κ1) is 20.4. The summed E-state index contributed by atoms with van der Waals surface area (Å²) >= 11 is 1.46. The Balaban J connectivity index is 1.78. The Kier molecular flexibility index (Phi) is 8.53. The van der Waals surface area contributed by atoms with Crippen LogP contribution in [0.25, 0.3) is 0 Å². The lowest BCUT2D eigenvalue weighted by Crippen LogP contribution is -2.49. The highest BCUT2D eigenvalue weighted by Crippen LogP contribution is 2.20. The number of methoxy groups -OCH3 is 1. The van der Waals surface area contributed by atoms with Crippen molar-refractivity contribution in [3.63, 3.8) is 0 Å². The zero-order valence-corrected chi connectivity index (χ0v) is 16.2. The number of amides is 1. The molecule has 1 aromatic carbocycles. The van der Waals surface area contributed by atoms with Gasteiger partial charge >= 0.3 is 6.09 Å². The molecule has 1 heterocycles. The Morgan fingerprint density at radius 2 is 2.12 bits per heavy atom. The van der Waals surface area contributed by atoms with Crippen molar-refractivity contribution in [1.82, 2.24) is 15.5 Å². The number of rotatable bonds is 6. The fourth-order valence-corrected chi connectivity index (χ4v) is 3.51. The van der Waals surface area contributed by atoms with Crippen molar-refractivity contribution < 1.29 is 13.9 Å². The zero-order chi connectivity index (χ0) is 18.8. The minimum Gasteiger partial charge on any atom is -0.453 e. The molecule has 0 radical (unpaired) electrons. The van der Waals surface area contributed by atoms with Crippen LogP contribution in [0.4, 0.5) is 9.18 Å². The quantitative estimate of drug-likeness (QED) is 0.343. The summed E-state index contributed by atoms with van der Waals surface area (Å²) in [6.45, 7) is 4.73. The molecule has 1 aliphatic heterocycles. The second-order valence-electron chi connectivity index (χ2n) is 5.92. The van der Waals surface area contributed by atoms with Crippen molar-refractivity contribution >= 4 is 23.8 Å². The van der Waals surface area contributed by atoms with E-state index < -0.39 is 0 Å². The molecule has 0 spiro atoms. The summed E-state index contributed by atoms with van der Waals surface area (Å²) in [6, 6.07) is 7.05. The monoisotopic (exact) mass is 382 g/mol. The SMILES string of the molecule is CCNC(=NCCSc1ccccc1F)NC1CCN(C(=O)OC)CC1. The number of nitrogens with zero attached hydrogens (tertiary/aromatic N) is 2. The lowest BCUT2D eigenvalue weighted by Gasteiger charge is -2.32. The normalized spacial score (nSPS) is 15.7. The molecule has 6 nitrogen and oxygen atoms in total. The Morgan fingerprint density at radius 3 is 2.77 bits per heavy atom. The molecule has 26 heavy (non-hydrogen) atoms. The van der Waals surface area contributed by atoms with Crippen LogP contribution in [-0.4, -0.2) is 62.0 Å². The molecular formula is C18H27FN4O2S. The van der Waals surface area contributed by atoms with Gasteiger partial charge in [0.2, 0.25) is 0 Å². The third-order valence-electron chi connectivity index (χ3n) is 4.07. The molecule has 0 aliphatic carbocycles. The third kappa shape index (κ3) is 6.40. The maximum atomic E-state index is 13.6. The average molecular weight is 383 g/mol. The van der Waals surface area contributed by atoms with E-state index >= 15 is 0 Å². The topological polar surface area (TPSA) is 66.0 Å². The zero-order valence-electron chi connectivity index (χ0n) is 15.3. The van der Waals surface area contributed by atoms with Gasteiger partial charge in [0.1, 0.15) is 5.82 Å². The van der Waals surface area contributed by atoms with E-state index in [9.17, 15) is 9.18 Å². The van der Waals surface area contributed by atoms with Crippen LogP contribution in [0.15, 0.2) is 34.2 Å². The van der Waals surface area contributed by atoms with Crippen LogP contribution in [-0.2, 0) is 4.74 Å². The highest BCUT2D eigenvalue weighted by atomic mass is 32.2. The van der Waals surface area contributed by atoms with Gasteiger partial charge in [0.25, 0.3) is 0 Å². The molecule has 144 valence electrons. The second-order valence-corrected chi connectivity index (χ2v) is 7.05. The first-order chi connectivity index (χ1) is 12.6. The molecule has 1 aliphatic rings. The van der Waals surface area contributed by atoms with E-state index in [2.05, 4.69) is 15.6 Å². The van der Waals surface area contributed by atoms with Crippen LogP contribution in [0.2, 0.25) is 0 Å². The average Bonchev–Trinajstić information content (AvgIpc) is 2.66. The van der Waals surface area contributed by atoms with E-state index in [1.54, 1.807) is 17.0 Å². The molecule has 0 aromatic heterocycles. The number of ether oxygens (including phenoxy) is 1. The van der Waals surface area contributed by atoms with Gasteiger partial charge in [-0.1, -0.05) is 12.1 Å². The van der Waals surface area contributed by atoms with Crippen molar-refractivity contribution in [1.29, 1.82) is 0 Å². The van der Waals surface area contributed by atoms with Gasteiger partial charge < -0.3 is 20.3 Å². The highest BCUT2D eigenvalue weighted by molar-refractivity contribution is 7.99. The number of carbonyl (C=O) groups is 1. The summed E-state index contributed by atoms with van der Waals surface area (Å²) < 4.78 is 18.4. The first-order valence-electron chi connectivity index (χ1n) is 8.89. The Morgan fingerprint density at radius 1 is 1.38 bits per heavy atom. The third-order valence-corrected chi connectivity index (χ3v) is 5.10. The fourth-order valence-electron chi connectivity index (χ4n) is 2.72. The van der Waals surface area contributed by atoms with E-state index in [4.69, 9.17) is 4.74 Å². The first-order valence-corrected chi connectivity index (χ1v) is 9.87. The molecule has 0 unspecified atom stereocenters. The molecule has 0 bridgehead atoms. The molecule has 1 aromatic rings. The van der Waals surface area contributed by atoms with Gasteiger partial charge in [-0.2, -0.15) is 0 Å². The van der Waals surface area contributed by atoms with Crippen molar-refractivity contribution in [3.05, 3.63) is 30.1 Å². The number of piperidine rings is 1. The van der Waals surface area contributed by atoms with Crippen LogP contribution in [0, 0.1) is 5.82 Å².